The first-order chi connectivity index (χ1) is 12.0. The van der Waals surface area contributed by atoms with Crippen molar-refractivity contribution in [2.24, 2.45) is 5.18 Å². The average molecular weight is 426 g/mol. The number of benzene rings is 1. The summed E-state index contributed by atoms with van der Waals surface area (Å²) in [5.41, 5.74) is 1.27. The highest BCUT2D eigenvalue weighted by atomic mass is 79.9. The van der Waals surface area contributed by atoms with Crippen LogP contribution in [0.4, 0.5) is 0 Å². The van der Waals surface area contributed by atoms with Gasteiger partial charge in [-0.15, -0.1) is 0 Å². The van der Waals surface area contributed by atoms with Crippen molar-refractivity contribution in [1.82, 2.24) is 14.9 Å². The van der Waals surface area contributed by atoms with Crippen LogP contribution in [0.3, 0.4) is 0 Å². The number of nitroso groups, excluding NO2 is 1. The van der Waals surface area contributed by atoms with Crippen molar-refractivity contribution < 1.29 is 0 Å². The predicted molar refractivity (Wildman–Crippen MR) is 103 cm³/mol. The Kier molecular flexibility index (Phi) is 5.66. The Bertz CT molecular complexity index is 883. The van der Waals surface area contributed by atoms with Gasteiger partial charge < -0.3 is 5.32 Å². The van der Waals surface area contributed by atoms with Gasteiger partial charge in [0.05, 0.1) is 22.3 Å². The SMILES string of the molecule is C=C(C[C@@H]1NCCC[C@H]1N=O)Cn1cnc2cc(Br)c(Cl)cc2c1=O. The van der Waals surface area contributed by atoms with Crippen molar-refractivity contribution >= 4 is 38.4 Å². The Labute approximate surface area is 158 Å². The minimum atomic E-state index is -0.242. The minimum Gasteiger partial charge on any atom is -0.311 e. The second kappa shape index (κ2) is 7.76. The van der Waals surface area contributed by atoms with E-state index in [9.17, 15) is 9.70 Å². The van der Waals surface area contributed by atoms with E-state index in [4.69, 9.17) is 11.6 Å². The van der Waals surface area contributed by atoms with Crippen molar-refractivity contribution in [2.45, 2.75) is 37.9 Å². The van der Waals surface area contributed by atoms with Crippen LogP contribution in [-0.2, 0) is 6.54 Å². The summed E-state index contributed by atoms with van der Waals surface area (Å²) < 4.78 is 2.22. The summed E-state index contributed by atoms with van der Waals surface area (Å²) in [4.78, 5) is 28.0. The Hall–Kier alpha value is -1.57. The summed E-state index contributed by atoms with van der Waals surface area (Å²) in [5.74, 6) is 0. The van der Waals surface area contributed by atoms with Gasteiger partial charge in [0.15, 0.2) is 0 Å². The topological polar surface area (TPSA) is 76.3 Å². The Morgan fingerprint density at radius 3 is 3.08 bits per heavy atom. The van der Waals surface area contributed by atoms with Crippen LogP contribution in [0.1, 0.15) is 19.3 Å². The summed E-state index contributed by atoms with van der Waals surface area (Å²) >= 11 is 9.42. The number of halogens is 2. The third-order valence-corrected chi connectivity index (χ3v) is 5.65. The molecule has 1 N–H and O–H groups in total. The lowest BCUT2D eigenvalue weighted by Gasteiger charge is -2.28. The van der Waals surface area contributed by atoms with Gasteiger partial charge in [-0.1, -0.05) is 28.9 Å². The monoisotopic (exact) mass is 424 g/mol. The van der Waals surface area contributed by atoms with Gasteiger partial charge in [0.1, 0.15) is 6.04 Å². The quantitative estimate of drug-likeness (QED) is 0.586. The normalized spacial score (nSPS) is 20.6. The predicted octanol–water partition coefficient (Wildman–Crippen LogP) is 3.65. The molecule has 2 atom stereocenters. The molecule has 0 spiro atoms. The summed E-state index contributed by atoms with van der Waals surface area (Å²) in [6.45, 7) is 5.28. The lowest BCUT2D eigenvalue weighted by Crippen LogP contribution is -2.44. The highest BCUT2D eigenvalue weighted by molar-refractivity contribution is 9.10. The van der Waals surface area contributed by atoms with Crippen LogP contribution in [0.2, 0.25) is 5.02 Å². The highest BCUT2D eigenvalue weighted by Crippen LogP contribution is 2.25. The van der Waals surface area contributed by atoms with Gasteiger partial charge in [0, 0.05) is 17.1 Å². The van der Waals surface area contributed by atoms with E-state index >= 15 is 0 Å². The molecule has 3 rings (SSSR count). The first kappa shape index (κ1) is 18.2. The zero-order valence-corrected chi connectivity index (χ0v) is 15.9. The van der Waals surface area contributed by atoms with Crippen LogP contribution in [0.15, 0.2) is 45.1 Å². The Morgan fingerprint density at radius 2 is 2.32 bits per heavy atom. The number of hydrogen-bond acceptors (Lipinski definition) is 5. The van der Waals surface area contributed by atoms with E-state index < -0.39 is 0 Å². The Morgan fingerprint density at radius 1 is 1.52 bits per heavy atom. The molecule has 0 bridgehead atoms. The molecule has 0 radical (unpaired) electrons. The molecule has 8 heteroatoms. The number of aromatic nitrogens is 2. The zero-order chi connectivity index (χ0) is 18.0. The first-order valence-corrected chi connectivity index (χ1v) is 9.23. The van der Waals surface area contributed by atoms with Gasteiger partial charge in [0.25, 0.3) is 5.56 Å². The molecular weight excluding hydrogens is 408 g/mol. The first-order valence-electron chi connectivity index (χ1n) is 8.06. The summed E-state index contributed by atoms with van der Waals surface area (Å²) in [7, 11) is 0. The molecule has 1 aliphatic heterocycles. The number of fused-ring (bicyclic) bond motifs is 1. The van der Waals surface area contributed by atoms with Crippen LogP contribution < -0.4 is 10.9 Å². The van der Waals surface area contributed by atoms with Crippen LogP contribution in [0.5, 0.6) is 0 Å². The molecule has 0 unspecified atom stereocenters. The molecule has 132 valence electrons. The van der Waals surface area contributed by atoms with Crippen LogP contribution in [-0.4, -0.2) is 28.2 Å². The third kappa shape index (κ3) is 3.99. The summed E-state index contributed by atoms with van der Waals surface area (Å²) in [6.07, 6.45) is 3.85. The fraction of sp³-hybridized carbons (Fsp3) is 0.412. The van der Waals surface area contributed by atoms with E-state index in [2.05, 4.69) is 38.0 Å². The van der Waals surface area contributed by atoms with Crippen molar-refractivity contribution in [2.75, 3.05) is 6.54 Å². The van der Waals surface area contributed by atoms with E-state index in [0.717, 1.165) is 25.0 Å². The van der Waals surface area contributed by atoms with Crippen molar-refractivity contribution in [3.63, 3.8) is 0 Å². The molecule has 1 fully saturated rings. The molecule has 6 nitrogen and oxygen atoms in total. The Balaban J connectivity index is 1.79. The maximum absolute atomic E-state index is 12.7. The van der Waals surface area contributed by atoms with Gasteiger partial charge in [0.2, 0.25) is 0 Å². The standard InChI is InChI=1S/C17H18BrClN4O2/c1-10(5-16-14(22-25)3-2-4-20-16)8-23-9-21-15-7-12(18)13(19)6-11(15)17(23)24/h6-7,9,14,16,20H,1-5,8H2/t14-,16+/m1/s1. The van der Waals surface area contributed by atoms with Gasteiger partial charge in [-0.2, -0.15) is 4.91 Å². The highest BCUT2D eigenvalue weighted by Gasteiger charge is 2.26. The number of hydrogen-bond donors (Lipinski definition) is 1. The molecule has 1 aromatic carbocycles. The van der Waals surface area contributed by atoms with E-state index in [1.54, 1.807) is 12.1 Å². The number of nitrogens with one attached hydrogen (secondary N) is 1. The second-order valence-corrected chi connectivity index (χ2v) is 7.55. The van der Waals surface area contributed by atoms with Gasteiger partial charge in [-0.05, 0) is 53.9 Å². The van der Waals surface area contributed by atoms with Crippen LogP contribution >= 0.6 is 27.5 Å². The smallest absolute Gasteiger partial charge is 0.261 e. The minimum absolute atomic E-state index is 0.0201. The van der Waals surface area contributed by atoms with Crippen LogP contribution in [0, 0.1) is 4.91 Å². The number of rotatable bonds is 5. The van der Waals surface area contributed by atoms with E-state index in [-0.39, 0.29) is 17.6 Å². The van der Waals surface area contributed by atoms with E-state index in [0.29, 0.717) is 33.4 Å². The fourth-order valence-corrected chi connectivity index (χ4v) is 3.65. The largest absolute Gasteiger partial charge is 0.311 e. The molecule has 2 heterocycles. The van der Waals surface area contributed by atoms with Gasteiger partial charge in [-0.25, -0.2) is 4.98 Å². The van der Waals surface area contributed by atoms with Gasteiger partial charge >= 0.3 is 0 Å². The van der Waals surface area contributed by atoms with E-state index in [1.165, 1.54) is 10.9 Å². The number of nitrogens with zero attached hydrogens (tertiary/aromatic N) is 3. The molecule has 0 amide bonds. The molecular formula is C17H18BrClN4O2. The lowest BCUT2D eigenvalue weighted by molar-refractivity contribution is 0.345. The third-order valence-electron chi connectivity index (χ3n) is 4.45. The molecule has 1 aliphatic rings. The molecule has 0 aliphatic carbocycles. The number of piperidine rings is 1. The van der Waals surface area contributed by atoms with E-state index in [1.807, 2.05) is 0 Å². The fourth-order valence-electron chi connectivity index (χ4n) is 3.15. The molecule has 25 heavy (non-hydrogen) atoms. The zero-order valence-electron chi connectivity index (χ0n) is 13.5. The molecule has 2 aromatic rings. The van der Waals surface area contributed by atoms with Gasteiger partial charge in [-0.3, -0.25) is 9.36 Å². The molecule has 1 aromatic heterocycles. The average Bonchev–Trinajstić information content (AvgIpc) is 2.60. The van der Waals surface area contributed by atoms with Crippen LogP contribution in [0.25, 0.3) is 10.9 Å². The maximum atomic E-state index is 12.7. The van der Waals surface area contributed by atoms with Crippen molar-refractivity contribution in [3.8, 4) is 0 Å². The van der Waals surface area contributed by atoms with Crippen molar-refractivity contribution in [1.29, 1.82) is 0 Å². The van der Waals surface area contributed by atoms with Crippen molar-refractivity contribution in [3.05, 3.63) is 55.4 Å². The molecule has 1 saturated heterocycles. The molecule has 0 saturated carbocycles. The second-order valence-electron chi connectivity index (χ2n) is 6.29. The summed E-state index contributed by atoms with van der Waals surface area (Å²) in [5, 5.41) is 7.46. The maximum Gasteiger partial charge on any atom is 0.261 e. The lowest BCUT2D eigenvalue weighted by atomic mass is 9.94. The summed E-state index contributed by atoms with van der Waals surface area (Å²) in [6, 6.07) is 3.08.